The summed E-state index contributed by atoms with van der Waals surface area (Å²) in [6, 6.07) is 11.2. The molecule has 0 atom stereocenters. The SMILES string of the molecule is Cc1ccc2c(c1)c1c(n2CCc2ccc(C(C)C)o2)CCN(C)C1. The van der Waals surface area contributed by atoms with Gasteiger partial charge in [-0.2, -0.15) is 0 Å². The van der Waals surface area contributed by atoms with Crippen LogP contribution in [0.15, 0.2) is 34.7 Å². The van der Waals surface area contributed by atoms with Gasteiger partial charge in [0.15, 0.2) is 0 Å². The molecule has 1 aliphatic heterocycles. The predicted molar refractivity (Wildman–Crippen MR) is 103 cm³/mol. The zero-order valence-electron chi connectivity index (χ0n) is 15.8. The van der Waals surface area contributed by atoms with Crippen LogP contribution in [0, 0.1) is 6.92 Å². The fraction of sp³-hybridized carbons (Fsp3) is 0.455. The smallest absolute Gasteiger partial charge is 0.106 e. The summed E-state index contributed by atoms with van der Waals surface area (Å²) in [5.74, 6) is 2.64. The van der Waals surface area contributed by atoms with E-state index in [2.05, 4.69) is 67.6 Å². The minimum Gasteiger partial charge on any atom is -0.466 e. The number of furan rings is 1. The van der Waals surface area contributed by atoms with E-state index in [1.807, 2.05) is 0 Å². The van der Waals surface area contributed by atoms with Crippen molar-refractivity contribution in [3.63, 3.8) is 0 Å². The maximum Gasteiger partial charge on any atom is 0.106 e. The van der Waals surface area contributed by atoms with Crippen LogP contribution < -0.4 is 0 Å². The Hall–Kier alpha value is -2.00. The van der Waals surface area contributed by atoms with E-state index in [9.17, 15) is 0 Å². The average Bonchev–Trinajstić information content (AvgIpc) is 3.16. The summed E-state index contributed by atoms with van der Waals surface area (Å²) in [6.07, 6.45) is 2.08. The van der Waals surface area contributed by atoms with Gasteiger partial charge in [-0.05, 0) is 43.8 Å². The van der Waals surface area contributed by atoms with Gasteiger partial charge < -0.3 is 13.9 Å². The predicted octanol–water partition coefficient (Wildman–Crippen LogP) is 4.90. The number of hydrogen-bond donors (Lipinski definition) is 0. The van der Waals surface area contributed by atoms with Crippen molar-refractivity contribution in [2.75, 3.05) is 13.6 Å². The van der Waals surface area contributed by atoms with Crippen LogP contribution in [-0.4, -0.2) is 23.1 Å². The molecule has 3 nitrogen and oxygen atoms in total. The second-order valence-corrected chi connectivity index (χ2v) is 7.79. The average molecular weight is 336 g/mol. The van der Waals surface area contributed by atoms with E-state index in [0.29, 0.717) is 5.92 Å². The van der Waals surface area contributed by atoms with Gasteiger partial charge in [0.25, 0.3) is 0 Å². The minimum atomic E-state index is 0.451. The Bertz CT molecular complexity index is 900. The van der Waals surface area contributed by atoms with Gasteiger partial charge >= 0.3 is 0 Å². The highest BCUT2D eigenvalue weighted by atomic mass is 16.3. The Kier molecular flexibility index (Phi) is 4.20. The van der Waals surface area contributed by atoms with Crippen molar-refractivity contribution in [1.82, 2.24) is 9.47 Å². The lowest BCUT2D eigenvalue weighted by Crippen LogP contribution is -2.27. The lowest BCUT2D eigenvalue weighted by Gasteiger charge is -2.24. The molecule has 132 valence electrons. The van der Waals surface area contributed by atoms with E-state index in [0.717, 1.165) is 44.0 Å². The molecule has 0 bridgehead atoms. The van der Waals surface area contributed by atoms with Crippen molar-refractivity contribution in [2.45, 2.75) is 52.6 Å². The van der Waals surface area contributed by atoms with Gasteiger partial charge in [0.2, 0.25) is 0 Å². The third-order valence-corrected chi connectivity index (χ3v) is 5.43. The Labute approximate surface area is 150 Å². The van der Waals surface area contributed by atoms with Crippen molar-refractivity contribution >= 4 is 10.9 Å². The molecule has 0 N–H and O–H groups in total. The van der Waals surface area contributed by atoms with Crippen molar-refractivity contribution in [3.05, 3.63) is 58.7 Å². The molecule has 3 heterocycles. The zero-order chi connectivity index (χ0) is 17.6. The van der Waals surface area contributed by atoms with E-state index in [-0.39, 0.29) is 0 Å². The van der Waals surface area contributed by atoms with Crippen LogP contribution in [0.5, 0.6) is 0 Å². The molecule has 0 amide bonds. The number of rotatable bonds is 4. The number of fused-ring (bicyclic) bond motifs is 3. The molecule has 3 heteroatoms. The van der Waals surface area contributed by atoms with E-state index in [1.54, 1.807) is 0 Å². The summed E-state index contributed by atoms with van der Waals surface area (Å²) in [4.78, 5) is 2.43. The molecule has 1 aliphatic rings. The van der Waals surface area contributed by atoms with Crippen LogP contribution in [0.3, 0.4) is 0 Å². The van der Waals surface area contributed by atoms with Gasteiger partial charge in [-0.3, -0.25) is 0 Å². The molecular weight excluding hydrogens is 308 g/mol. The highest BCUT2D eigenvalue weighted by Crippen LogP contribution is 2.31. The largest absolute Gasteiger partial charge is 0.466 e. The van der Waals surface area contributed by atoms with Crippen LogP contribution >= 0.6 is 0 Å². The molecule has 4 rings (SSSR count). The second-order valence-electron chi connectivity index (χ2n) is 7.79. The standard InChI is InChI=1S/C22H28N2O/c1-15(2)22-8-6-17(25-22)9-12-24-20-7-5-16(3)13-18(20)19-14-23(4)11-10-21(19)24/h5-8,13,15H,9-12,14H2,1-4H3. The third kappa shape index (κ3) is 3.02. The molecule has 0 saturated heterocycles. The molecule has 0 spiro atoms. The number of nitrogens with zero attached hydrogens (tertiary/aromatic N) is 2. The van der Waals surface area contributed by atoms with E-state index in [4.69, 9.17) is 4.42 Å². The fourth-order valence-electron chi connectivity index (χ4n) is 4.02. The van der Waals surface area contributed by atoms with Crippen LogP contribution in [0.1, 0.15) is 48.1 Å². The molecule has 0 fully saturated rings. The molecule has 0 saturated carbocycles. The number of likely N-dealkylation sites (N-methyl/N-ethyl adjacent to an activating group) is 1. The minimum absolute atomic E-state index is 0.451. The molecule has 0 unspecified atom stereocenters. The van der Waals surface area contributed by atoms with Gasteiger partial charge in [-0.15, -0.1) is 0 Å². The summed E-state index contributed by atoms with van der Waals surface area (Å²) >= 11 is 0. The molecule has 2 aromatic heterocycles. The lowest BCUT2D eigenvalue weighted by molar-refractivity contribution is 0.309. The summed E-state index contributed by atoms with van der Waals surface area (Å²) in [5, 5.41) is 1.43. The highest BCUT2D eigenvalue weighted by Gasteiger charge is 2.22. The van der Waals surface area contributed by atoms with Gasteiger partial charge in [-0.1, -0.05) is 25.5 Å². The number of hydrogen-bond acceptors (Lipinski definition) is 2. The highest BCUT2D eigenvalue weighted by molar-refractivity contribution is 5.86. The van der Waals surface area contributed by atoms with Crippen molar-refractivity contribution < 1.29 is 4.42 Å². The monoisotopic (exact) mass is 336 g/mol. The fourth-order valence-corrected chi connectivity index (χ4v) is 4.02. The first-order valence-electron chi connectivity index (χ1n) is 9.40. The van der Waals surface area contributed by atoms with E-state index < -0.39 is 0 Å². The van der Waals surface area contributed by atoms with Crippen LogP contribution in [0.25, 0.3) is 10.9 Å². The number of aromatic nitrogens is 1. The molecule has 1 aromatic carbocycles. The summed E-state index contributed by atoms with van der Waals surface area (Å²) in [6.45, 7) is 9.73. The maximum absolute atomic E-state index is 6.01. The van der Waals surface area contributed by atoms with E-state index in [1.165, 1.54) is 27.7 Å². The normalized spacial score (nSPS) is 15.2. The molecular formula is C22H28N2O. The zero-order valence-corrected chi connectivity index (χ0v) is 15.8. The van der Waals surface area contributed by atoms with Crippen molar-refractivity contribution in [2.24, 2.45) is 0 Å². The second kappa shape index (κ2) is 6.38. The molecule has 0 aliphatic carbocycles. The molecule has 25 heavy (non-hydrogen) atoms. The van der Waals surface area contributed by atoms with Gasteiger partial charge in [0.1, 0.15) is 11.5 Å². The first-order valence-corrected chi connectivity index (χ1v) is 9.40. The first kappa shape index (κ1) is 16.5. The third-order valence-electron chi connectivity index (χ3n) is 5.43. The van der Waals surface area contributed by atoms with Crippen LogP contribution in [0.2, 0.25) is 0 Å². The van der Waals surface area contributed by atoms with Gasteiger partial charge in [0.05, 0.1) is 0 Å². The number of aryl methyl sites for hydroxylation is 3. The van der Waals surface area contributed by atoms with Crippen molar-refractivity contribution in [1.29, 1.82) is 0 Å². The quantitative estimate of drug-likeness (QED) is 0.676. The lowest BCUT2D eigenvalue weighted by atomic mass is 10.0. The summed E-state index contributed by atoms with van der Waals surface area (Å²) in [7, 11) is 2.22. The van der Waals surface area contributed by atoms with Crippen LogP contribution in [-0.2, 0) is 25.9 Å². The van der Waals surface area contributed by atoms with Crippen molar-refractivity contribution in [3.8, 4) is 0 Å². The topological polar surface area (TPSA) is 21.3 Å². The Morgan fingerprint density at radius 3 is 2.76 bits per heavy atom. The van der Waals surface area contributed by atoms with Crippen LogP contribution in [0.4, 0.5) is 0 Å². The molecule has 3 aromatic rings. The van der Waals surface area contributed by atoms with Gasteiger partial charge in [-0.25, -0.2) is 0 Å². The maximum atomic E-state index is 6.01. The first-order chi connectivity index (χ1) is 12.0. The van der Waals surface area contributed by atoms with Gasteiger partial charge in [0, 0.05) is 55.0 Å². The van der Waals surface area contributed by atoms with E-state index >= 15 is 0 Å². The summed E-state index contributed by atoms with van der Waals surface area (Å²) < 4.78 is 8.55. The Balaban J connectivity index is 1.69. The Morgan fingerprint density at radius 1 is 1.16 bits per heavy atom. The number of benzene rings is 1. The summed E-state index contributed by atoms with van der Waals surface area (Å²) in [5.41, 5.74) is 5.76. The molecule has 0 radical (unpaired) electrons. The Morgan fingerprint density at radius 2 is 2.00 bits per heavy atom.